The van der Waals surface area contributed by atoms with Gasteiger partial charge in [-0.3, -0.25) is 0 Å². The van der Waals surface area contributed by atoms with Crippen LogP contribution in [-0.2, 0) is 33.1 Å². The highest BCUT2D eigenvalue weighted by atomic mass is 35.5. The summed E-state index contributed by atoms with van der Waals surface area (Å²) in [7, 11) is -7.46. The molecule has 36 heavy (non-hydrogen) atoms. The lowest BCUT2D eigenvalue weighted by Crippen LogP contribution is -2.33. The first-order valence-corrected chi connectivity index (χ1v) is 15.8. The van der Waals surface area contributed by atoms with Crippen LogP contribution in [0, 0.1) is 0 Å². The van der Waals surface area contributed by atoms with Crippen LogP contribution in [0.25, 0.3) is 0 Å². The molecule has 1 saturated heterocycles. The van der Waals surface area contributed by atoms with Crippen molar-refractivity contribution < 1.29 is 21.3 Å². The fraction of sp³-hybridized carbons (Fsp3) is 0.462. The summed E-state index contributed by atoms with van der Waals surface area (Å²) >= 11 is 6.00. The zero-order chi connectivity index (χ0) is 26.0. The first-order valence-electron chi connectivity index (χ1n) is 12.3. The van der Waals surface area contributed by atoms with E-state index in [9.17, 15) is 16.8 Å². The number of allylic oxidation sites excluding steroid dienone is 2. The highest BCUT2D eigenvalue weighted by Crippen LogP contribution is 2.23. The van der Waals surface area contributed by atoms with E-state index in [-0.39, 0.29) is 23.7 Å². The standard InChI is InChI=1S/C26H35ClN2O5S2/c1-2-3-11-26(12-9-20-35(30,31)28-17-6-4-5-7-18-28)36(32,33)29(22-25-10-8-19-34-25)21-23-13-15-24(27)16-14-23/h8-16,19H,2-7,17-18,20-22H2,1H3/b12-9-,26-11+. The molecule has 0 bridgehead atoms. The average molecular weight is 555 g/mol. The SMILES string of the molecule is CCC/C=C(\C=C/CS(=O)(=O)N1CCCCCC1)S(=O)(=O)N(Cc1ccc(Cl)cc1)Cc1ccco1. The molecule has 10 heteroatoms. The maximum Gasteiger partial charge on any atom is 0.243 e. The Balaban J connectivity index is 1.85. The molecule has 2 aromatic rings. The van der Waals surface area contributed by atoms with Crippen molar-refractivity contribution in [3.63, 3.8) is 0 Å². The van der Waals surface area contributed by atoms with Crippen molar-refractivity contribution in [2.75, 3.05) is 18.8 Å². The van der Waals surface area contributed by atoms with E-state index in [0.29, 0.717) is 30.3 Å². The highest BCUT2D eigenvalue weighted by molar-refractivity contribution is 7.93. The van der Waals surface area contributed by atoms with E-state index >= 15 is 0 Å². The van der Waals surface area contributed by atoms with Crippen molar-refractivity contribution in [1.29, 1.82) is 0 Å². The van der Waals surface area contributed by atoms with Crippen molar-refractivity contribution in [2.24, 2.45) is 0 Å². The molecule has 2 heterocycles. The zero-order valence-corrected chi connectivity index (χ0v) is 23.1. The molecule has 3 rings (SSSR count). The molecule has 0 N–H and O–H groups in total. The molecule has 1 aliphatic heterocycles. The summed E-state index contributed by atoms with van der Waals surface area (Å²) in [4.78, 5) is 0.0796. The number of hydrogen-bond acceptors (Lipinski definition) is 5. The van der Waals surface area contributed by atoms with Gasteiger partial charge in [0.1, 0.15) is 5.76 Å². The molecule has 1 fully saturated rings. The lowest BCUT2D eigenvalue weighted by atomic mass is 10.2. The van der Waals surface area contributed by atoms with E-state index in [1.54, 1.807) is 42.5 Å². The number of sulfonamides is 2. The summed E-state index contributed by atoms with van der Waals surface area (Å²) < 4.78 is 61.7. The first-order chi connectivity index (χ1) is 17.2. The maximum atomic E-state index is 13.8. The lowest BCUT2D eigenvalue weighted by Gasteiger charge is -2.22. The molecule has 0 saturated carbocycles. The second-order valence-electron chi connectivity index (χ2n) is 8.87. The van der Waals surface area contributed by atoms with Crippen LogP contribution in [0.2, 0.25) is 5.02 Å². The molecule has 7 nitrogen and oxygen atoms in total. The molecule has 0 aliphatic carbocycles. The smallest absolute Gasteiger partial charge is 0.243 e. The third-order valence-electron chi connectivity index (χ3n) is 6.00. The Kier molecular flexibility index (Phi) is 10.8. The third kappa shape index (κ3) is 8.31. The third-order valence-corrected chi connectivity index (χ3v) is 9.86. The number of nitrogens with zero attached hydrogens (tertiary/aromatic N) is 2. The molecule has 1 aromatic carbocycles. The largest absolute Gasteiger partial charge is 0.468 e. The highest BCUT2D eigenvalue weighted by Gasteiger charge is 2.27. The van der Waals surface area contributed by atoms with Crippen LogP contribution < -0.4 is 0 Å². The van der Waals surface area contributed by atoms with Gasteiger partial charge in [-0.25, -0.2) is 21.1 Å². The molecule has 0 amide bonds. The monoisotopic (exact) mass is 554 g/mol. The Morgan fingerprint density at radius 3 is 2.33 bits per heavy atom. The molecule has 0 spiro atoms. The van der Waals surface area contributed by atoms with Gasteiger partial charge in [-0.2, -0.15) is 4.31 Å². The van der Waals surface area contributed by atoms with Gasteiger partial charge in [-0.15, -0.1) is 0 Å². The summed E-state index contributed by atoms with van der Waals surface area (Å²) in [5.74, 6) is 0.275. The minimum Gasteiger partial charge on any atom is -0.468 e. The normalized spacial score (nSPS) is 16.6. The topological polar surface area (TPSA) is 87.9 Å². The Bertz CT molecular complexity index is 1210. The van der Waals surface area contributed by atoms with Crippen molar-refractivity contribution in [1.82, 2.24) is 8.61 Å². The van der Waals surface area contributed by atoms with E-state index in [1.807, 2.05) is 6.92 Å². The van der Waals surface area contributed by atoms with Gasteiger partial charge in [-0.1, -0.05) is 62.1 Å². The lowest BCUT2D eigenvalue weighted by molar-refractivity contribution is 0.362. The van der Waals surface area contributed by atoms with E-state index in [4.69, 9.17) is 16.0 Å². The number of rotatable bonds is 12. The predicted octanol–water partition coefficient (Wildman–Crippen LogP) is 5.71. The summed E-state index contributed by atoms with van der Waals surface area (Å²) in [5, 5.41) is 0.566. The quantitative estimate of drug-likeness (QED) is 0.313. The maximum absolute atomic E-state index is 13.8. The van der Waals surface area contributed by atoms with Crippen molar-refractivity contribution >= 4 is 31.6 Å². The predicted molar refractivity (Wildman–Crippen MR) is 144 cm³/mol. The molecule has 1 aromatic heterocycles. The van der Waals surface area contributed by atoms with Gasteiger partial charge in [-0.05, 0) is 55.2 Å². The van der Waals surface area contributed by atoms with Crippen molar-refractivity contribution in [2.45, 2.75) is 58.5 Å². The van der Waals surface area contributed by atoms with Crippen LogP contribution in [0.4, 0.5) is 0 Å². The second-order valence-corrected chi connectivity index (χ2v) is 13.3. The van der Waals surface area contributed by atoms with Gasteiger partial charge in [0.05, 0.1) is 23.5 Å². The van der Waals surface area contributed by atoms with Crippen LogP contribution in [0.5, 0.6) is 0 Å². The van der Waals surface area contributed by atoms with Crippen LogP contribution >= 0.6 is 11.6 Å². The summed E-state index contributed by atoms with van der Waals surface area (Å²) in [6.45, 7) is 3.16. The summed E-state index contributed by atoms with van der Waals surface area (Å²) in [6.07, 6.45) is 11.1. The van der Waals surface area contributed by atoms with Crippen LogP contribution in [-0.4, -0.2) is 44.3 Å². The minimum absolute atomic E-state index is 0.0430. The van der Waals surface area contributed by atoms with Gasteiger partial charge >= 0.3 is 0 Å². The minimum atomic E-state index is -3.96. The number of hydrogen-bond donors (Lipinski definition) is 0. The first kappa shape index (κ1) is 28.7. The van der Waals surface area contributed by atoms with Crippen LogP contribution in [0.3, 0.4) is 0 Å². The molecule has 0 radical (unpaired) electrons. The molecular formula is C26H35ClN2O5S2. The fourth-order valence-electron chi connectivity index (χ4n) is 4.00. The van der Waals surface area contributed by atoms with E-state index in [1.165, 1.54) is 27.0 Å². The number of halogens is 1. The van der Waals surface area contributed by atoms with E-state index < -0.39 is 20.0 Å². The Hall–Kier alpha value is -1.91. The van der Waals surface area contributed by atoms with Gasteiger partial charge in [0.15, 0.2) is 0 Å². The summed E-state index contributed by atoms with van der Waals surface area (Å²) in [6, 6.07) is 10.4. The molecular weight excluding hydrogens is 520 g/mol. The van der Waals surface area contributed by atoms with Gasteiger partial charge in [0.25, 0.3) is 0 Å². The van der Waals surface area contributed by atoms with E-state index in [0.717, 1.165) is 37.7 Å². The van der Waals surface area contributed by atoms with E-state index in [2.05, 4.69) is 0 Å². The Morgan fingerprint density at radius 1 is 1.03 bits per heavy atom. The second kappa shape index (κ2) is 13.6. The number of furan rings is 1. The van der Waals surface area contributed by atoms with Gasteiger partial charge < -0.3 is 4.42 Å². The molecule has 0 unspecified atom stereocenters. The van der Waals surface area contributed by atoms with Gasteiger partial charge in [0.2, 0.25) is 20.0 Å². The van der Waals surface area contributed by atoms with Crippen LogP contribution in [0.1, 0.15) is 56.8 Å². The van der Waals surface area contributed by atoms with Gasteiger partial charge in [0, 0.05) is 24.7 Å². The van der Waals surface area contributed by atoms with Crippen molar-refractivity contribution in [3.8, 4) is 0 Å². The molecule has 1 aliphatic rings. The number of unbranched alkanes of at least 4 members (excludes halogenated alkanes) is 1. The number of benzene rings is 1. The summed E-state index contributed by atoms with van der Waals surface area (Å²) in [5.41, 5.74) is 0.775. The van der Waals surface area contributed by atoms with Crippen LogP contribution in [0.15, 0.2) is 70.2 Å². The average Bonchev–Trinajstić information content (AvgIpc) is 3.20. The molecule has 198 valence electrons. The zero-order valence-electron chi connectivity index (χ0n) is 20.7. The Morgan fingerprint density at radius 2 is 1.72 bits per heavy atom. The fourth-order valence-corrected chi connectivity index (χ4v) is 7.00. The van der Waals surface area contributed by atoms with Crippen molar-refractivity contribution in [3.05, 3.63) is 82.1 Å². The molecule has 0 atom stereocenters. The Labute approximate surface area is 220 Å².